The molecule has 0 aliphatic carbocycles. The molecule has 1 atom stereocenters. The summed E-state index contributed by atoms with van der Waals surface area (Å²) in [6.45, 7) is 6.50. The van der Waals surface area contributed by atoms with E-state index in [0.29, 0.717) is 25.5 Å². The second-order valence-electron chi connectivity index (χ2n) is 7.84. The third kappa shape index (κ3) is 5.36. The van der Waals surface area contributed by atoms with Gasteiger partial charge >= 0.3 is 0 Å². The molecule has 2 aromatic heterocycles. The van der Waals surface area contributed by atoms with Crippen LogP contribution < -0.4 is 15.0 Å². The number of aryl methyl sites for hydroxylation is 2. The zero-order chi connectivity index (χ0) is 21.6. The van der Waals surface area contributed by atoms with Gasteiger partial charge in [-0.05, 0) is 62.1 Å². The Balaban J connectivity index is 1.26. The van der Waals surface area contributed by atoms with Crippen molar-refractivity contribution in [3.05, 3.63) is 54.1 Å². The number of hydrogen-bond acceptors (Lipinski definition) is 7. The maximum Gasteiger partial charge on any atom is 0.225 e. The highest BCUT2D eigenvalue weighted by Gasteiger charge is 2.26. The van der Waals surface area contributed by atoms with Crippen molar-refractivity contribution < 1.29 is 9.53 Å². The molecule has 9 heteroatoms. The number of amides is 1. The van der Waals surface area contributed by atoms with Crippen LogP contribution in [-0.2, 0) is 4.79 Å². The fraction of sp³-hybridized carbons (Fsp3) is 0.409. The third-order valence-corrected chi connectivity index (χ3v) is 5.27. The summed E-state index contributed by atoms with van der Waals surface area (Å²) in [5.41, 5.74) is 2.33. The molecule has 3 aromatic rings. The lowest BCUT2D eigenvalue weighted by Gasteiger charge is -2.32. The van der Waals surface area contributed by atoms with E-state index in [4.69, 9.17) is 4.74 Å². The molecule has 0 spiro atoms. The SMILES string of the molecule is Cc1cc(C)cc(OCCNC(=O)C2CCCN(c3ccc(-n4cncn4)nn3)C2)c1. The van der Waals surface area contributed by atoms with E-state index in [0.717, 1.165) is 31.0 Å². The van der Waals surface area contributed by atoms with Crippen LogP contribution in [0.2, 0.25) is 0 Å². The summed E-state index contributed by atoms with van der Waals surface area (Å²) < 4.78 is 7.34. The van der Waals surface area contributed by atoms with Gasteiger partial charge in [0.2, 0.25) is 5.91 Å². The number of carbonyl (C=O) groups is 1. The molecular formula is C22H27N7O2. The number of hydrogen-bond donors (Lipinski definition) is 1. The van der Waals surface area contributed by atoms with Gasteiger partial charge in [-0.15, -0.1) is 10.2 Å². The smallest absolute Gasteiger partial charge is 0.225 e. The van der Waals surface area contributed by atoms with Crippen LogP contribution in [0.25, 0.3) is 5.82 Å². The summed E-state index contributed by atoms with van der Waals surface area (Å²) in [5, 5.41) is 15.6. The number of carbonyl (C=O) groups excluding carboxylic acids is 1. The topological polar surface area (TPSA) is 98.1 Å². The van der Waals surface area contributed by atoms with Gasteiger partial charge in [-0.3, -0.25) is 4.79 Å². The first-order chi connectivity index (χ1) is 15.1. The van der Waals surface area contributed by atoms with E-state index in [1.807, 2.05) is 38.1 Å². The summed E-state index contributed by atoms with van der Waals surface area (Å²) in [4.78, 5) is 18.7. The number of benzene rings is 1. The number of ether oxygens (including phenoxy) is 1. The van der Waals surface area contributed by atoms with Crippen molar-refractivity contribution in [1.29, 1.82) is 0 Å². The second-order valence-corrected chi connectivity index (χ2v) is 7.84. The first kappa shape index (κ1) is 20.8. The molecule has 9 nitrogen and oxygen atoms in total. The minimum absolute atomic E-state index is 0.0564. The predicted octanol–water partition coefficient (Wildman–Crippen LogP) is 2.09. The zero-order valence-electron chi connectivity index (χ0n) is 17.9. The number of nitrogens with zero attached hydrogens (tertiary/aromatic N) is 6. The van der Waals surface area contributed by atoms with Crippen LogP contribution in [0.15, 0.2) is 43.0 Å². The number of nitrogens with one attached hydrogen (secondary N) is 1. The van der Waals surface area contributed by atoms with E-state index in [2.05, 4.69) is 36.6 Å². The Morgan fingerprint density at radius 2 is 1.94 bits per heavy atom. The lowest BCUT2D eigenvalue weighted by atomic mass is 9.97. The van der Waals surface area contributed by atoms with Crippen molar-refractivity contribution in [2.45, 2.75) is 26.7 Å². The molecular weight excluding hydrogens is 394 g/mol. The van der Waals surface area contributed by atoms with Gasteiger partial charge in [-0.25, -0.2) is 9.67 Å². The molecule has 1 aliphatic rings. The first-order valence-electron chi connectivity index (χ1n) is 10.5. The van der Waals surface area contributed by atoms with Crippen LogP contribution in [0, 0.1) is 19.8 Å². The predicted molar refractivity (Wildman–Crippen MR) is 116 cm³/mol. The fourth-order valence-corrected chi connectivity index (χ4v) is 3.84. The normalized spacial score (nSPS) is 16.2. The molecule has 1 aromatic carbocycles. The summed E-state index contributed by atoms with van der Waals surface area (Å²) >= 11 is 0. The van der Waals surface area contributed by atoms with E-state index in [1.165, 1.54) is 17.5 Å². The molecule has 1 N–H and O–H groups in total. The first-order valence-corrected chi connectivity index (χ1v) is 10.5. The Bertz CT molecular complexity index is 985. The Labute approximate surface area is 181 Å². The molecule has 3 heterocycles. The molecule has 4 rings (SSSR count). The van der Waals surface area contributed by atoms with Crippen LogP contribution in [0.3, 0.4) is 0 Å². The number of piperidine rings is 1. The van der Waals surface area contributed by atoms with Crippen molar-refractivity contribution in [1.82, 2.24) is 30.3 Å². The lowest BCUT2D eigenvalue weighted by molar-refractivity contribution is -0.125. The Morgan fingerprint density at radius 1 is 1.16 bits per heavy atom. The van der Waals surface area contributed by atoms with Crippen LogP contribution in [0.5, 0.6) is 5.75 Å². The van der Waals surface area contributed by atoms with Crippen molar-refractivity contribution >= 4 is 11.7 Å². The molecule has 0 bridgehead atoms. The second kappa shape index (κ2) is 9.55. The minimum Gasteiger partial charge on any atom is -0.492 e. The van der Waals surface area contributed by atoms with Gasteiger partial charge in [0.15, 0.2) is 11.6 Å². The van der Waals surface area contributed by atoms with E-state index in [9.17, 15) is 4.79 Å². The highest BCUT2D eigenvalue weighted by atomic mass is 16.5. The molecule has 1 aliphatic heterocycles. The van der Waals surface area contributed by atoms with Gasteiger partial charge in [0.05, 0.1) is 12.5 Å². The summed E-state index contributed by atoms with van der Waals surface area (Å²) in [6, 6.07) is 9.87. The van der Waals surface area contributed by atoms with Crippen molar-refractivity contribution in [2.24, 2.45) is 5.92 Å². The fourth-order valence-electron chi connectivity index (χ4n) is 3.84. The monoisotopic (exact) mass is 421 g/mol. The largest absolute Gasteiger partial charge is 0.492 e. The molecule has 1 amide bonds. The molecule has 1 fully saturated rings. The van der Waals surface area contributed by atoms with E-state index in [1.54, 1.807) is 11.0 Å². The standard InChI is InChI=1S/C22H27N7O2/c1-16-10-17(2)12-19(11-16)31-9-7-24-22(30)18-4-3-8-28(13-18)20-5-6-21(27-26-20)29-15-23-14-25-29/h5-6,10-12,14-15,18H,3-4,7-9,13H2,1-2H3,(H,24,30). The van der Waals surface area contributed by atoms with Crippen LogP contribution in [0.4, 0.5) is 5.82 Å². The maximum absolute atomic E-state index is 12.7. The molecule has 162 valence electrons. The van der Waals surface area contributed by atoms with E-state index >= 15 is 0 Å². The zero-order valence-corrected chi connectivity index (χ0v) is 17.9. The average molecular weight is 422 g/mol. The molecule has 1 saturated heterocycles. The van der Waals surface area contributed by atoms with Crippen molar-refractivity contribution in [3.8, 4) is 11.6 Å². The Kier molecular flexibility index (Phi) is 6.40. The molecule has 31 heavy (non-hydrogen) atoms. The minimum atomic E-state index is -0.0771. The quantitative estimate of drug-likeness (QED) is 0.583. The summed E-state index contributed by atoms with van der Waals surface area (Å²) in [7, 11) is 0. The number of anilines is 1. The third-order valence-electron chi connectivity index (χ3n) is 5.27. The van der Waals surface area contributed by atoms with Gasteiger partial charge in [0.1, 0.15) is 25.0 Å². The van der Waals surface area contributed by atoms with E-state index < -0.39 is 0 Å². The van der Waals surface area contributed by atoms with Gasteiger partial charge in [0.25, 0.3) is 0 Å². The van der Waals surface area contributed by atoms with Crippen molar-refractivity contribution in [2.75, 3.05) is 31.1 Å². The van der Waals surface area contributed by atoms with Gasteiger partial charge in [0, 0.05) is 13.1 Å². The van der Waals surface area contributed by atoms with Crippen molar-refractivity contribution in [3.63, 3.8) is 0 Å². The average Bonchev–Trinajstić information content (AvgIpc) is 3.31. The van der Waals surface area contributed by atoms with Crippen LogP contribution in [-0.4, -0.2) is 57.1 Å². The molecule has 0 saturated carbocycles. The Hall–Kier alpha value is -3.49. The Morgan fingerprint density at radius 3 is 2.65 bits per heavy atom. The molecule has 0 radical (unpaired) electrons. The van der Waals surface area contributed by atoms with Crippen LogP contribution in [0.1, 0.15) is 24.0 Å². The highest BCUT2D eigenvalue weighted by molar-refractivity contribution is 5.79. The maximum atomic E-state index is 12.7. The summed E-state index contributed by atoms with van der Waals surface area (Å²) in [5.74, 6) is 2.19. The highest BCUT2D eigenvalue weighted by Crippen LogP contribution is 2.22. The molecule has 1 unspecified atom stereocenters. The van der Waals surface area contributed by atoms with Crippen LogP contribution >= 0.6 is 0 Å². The van der Waals surface area contributed by atoms with E-state index in [-0.39, 0.29) is 11.8 Å². The summed E-state index contributed by atoms with van der Waals surface area (Å²) in [6.07, 6.45) is 4.83. The lowest BCUT2D eigenvalue weighted by Crippen LogP contribution is -2.44. The number of rotatable bonds is 7. The van der Waals surface area contributed by atoms with Gasteiger partial charge in [-0.2, -0.15) is 5.10 Å². The van der Waals surface area contributed by atoms with Gasteiger partial charge in [-0.1, -0.05) is 6.07 Å². The number of aromatic nitrogens is 5. The van der Waals surface area contributed by atoms with Gasteiger partial charge < -0.3 is 15.0 Å².